The third kappa shape index (κ3) is 9.10. The Morgan fingerprint density at radius 3 is 1.12 bits per heavy atom. The molecule has 0 aliphatic carbocycles. The highest BCUT2D eigenvalue weighted by molar-refractivity contribution is 5.46. The third-order valence-corrected chi connectivity index (χ3v) is 4.54. The van der Waals surface area contributed by atoms with Crippen LogP contribution in [0.5, 0.6) is 0 Å². The van der Waals surface area contributed by atoms with Gasteiger partial charge in [0, 0.05) is 35.4 Å². The van der Waals surface area contributed by atoms with Crippen LogP contribution in [0.1, 0.15) is 11.1 Å². The minimum atomic E-state index is -1.75. The first-order valence-corrected chi connectivity index (χ1v) is 10.0. The van der Waals surface area contributed by atoms with Crippen LogP contribution in [0.4, 0.5) is 0 Å². The first kappa shape index (κ1) is 25.4. The van der Waals surface area contributed by atoms with Crippen LogP contribution < -0.4 is 9.13 Å². The molecular formula is C24H22N4O6. The molecule has 10 heteroatoms. The van der Waals surface area contributed by atoms with E-state index in [4.69, 9.17) is 30.6 Å². The van der Waals surface area contributed by atoms with E-state index in [-0.39, 0.29) is 0 Å². The minimum Gasteiger partial charge on any atom is -0.356 e. The molecule has 0 atom stereocenters. The summed E-state index contributed by atoms with van der Waals surface area (Å²) in [5, 5.41) is 29.5. The van der Waals surface area contributed by atoms with Crippen molar-refractivity contribution in [2.45, 2.75) is 13.1 Å². The fourth-order valence-corrected chi connectivity index (χ4v) is 3.25. The van der Waals surface area contributed by atoms with Crippen molar-refractivity contribution in [1.82, 2.24) is 0 Å². The lowest BCUT2D eigenvalue weighted by Crippen LogP contribution is -2.43. The van der Waals surface area contributed by atoms with E-state index in [1.165, 1.54) is 22.5 Å². The molecule has 2 aromatic carbocycles. The Morgan fingerprint density at radius 2 is 0.794 bits per heavy atom. The molecule has 0 aliphatic rings. The van der Waals surface area contributed by atoms with Crippen molar-refractivity contribution < 1.29 is 19.3 Å². The Balaban J connectivity index is 0.000000446. The summed E-state index contributed by atoms with van der Waals surface area (Å²) in [5.74, 6) is 0. The number of rotatable bonds is 5. The maximum atomic E-state index is 8.25. The van der Waals surface area contributed by atoms with Gasteiger partial charge in [-0.3, -0.25) is 0 Å². The zero-order valence-corrected chi connectivity index (χ0v) is 18.0. The molecule has 0 radical (unpaired) electrons. The van der Waals surface area contributed by atoms with Gasteiger partial charge in [-0.05, 0) is 12.1 Å². The van der Waals surface area contributed by atoms with Crippen molar-refractivity contribution in [2.24, 2.45) is 0 Å². The highest BCUT2D eigenvalue weighted by Gasteiger charge is 2.22. The van der Waals surface area contributed by atoms with Crippen molar-refractivity contribution in [3.05, 3.63) is 151 Å². The lowest BCUT2D eigenvalue weighted by Gasteiger charge is -2.05. The molecule has 0 fully saturated rings. The summed E-state index contributed by atoms with van der Waals surface area (Å²) in [5.41, 5.74) is 5.03. The van der Waals surface area contributed by atoms with Crippen molar-refractivity contribution >= 4 is 0 Å². The highest BCUT2D eigenvalue weighted by atomic mass is 16.9. The van der Waals surface area contributed by atoms with Crippen molar-refractivity contribution in [2.75, 3.05) is 0 Å². The van der Waals surface area contributed by atoms with E-state index in [1.807, 2.05) is 0 Å². The number of nitrogens with zero attached hydrogens (tertiary/aromatic N) is 4. The predicted octanol–water partition coefficient (Wildman–Crippen LogP) is 3.55. The molecule has 0 aliphatic heterocycles. The standard InChI is InChI=1S/C24H22N2.2NO3/c1-3-11-21(12-4-1)19-25-17-9-7-15-23(25)24-16-8-10-18-26(24)20-22-13-5-2-6-14-22;2*2-1(3)4/h1-18H,19-20H2;;/q+2;2*-1. The molecule has 0 N–H and O–H groups in total. The Bertz CT molecular complexity index is 1090. The molecule has 4 rings (SSSR count). The first-order valence-electron chi connectivity index (χ1n) is 10.0. The van der Waals surface area contributed by atoms with Crippen LogP contribution in [0.2, 0.25) is 0 Å². The smallest absolute Gasteiger partial charge is 0.277 e. The molecule has 10 nitrogen and oxygen atoms in total. The van der Waals surface area contributed by atoms with Gasteiger partial charge < -0.3 is 30.6 Å². The van der Waals surface area contributed by atoms with Gasteiger partial charge in [-0.25, -0.2) is 0 Å². The summed E-state index contributed by atoms with van der Waals surface area (Å²) in [7, 11) is 0. The quantitative estimate of drug-likeness (QED) is 0.252. The van der Waals surface area contributed by atoms with E-state index in [0.29, 0.717) is 0 Å². The van der Waals surface area contributed by atoms with Gasteiger partial charge in [0.2, 0.25) is 0 Å². The van der Waals surface area contributed by atoms with Gasteiger partial charge in [-0.1, -0.05) is 60.7 Å². The molecule has 0 saturated carbocycles. The zero-order chi connectivity index (χ0) is 24.8. The molecule has 0 unspecified atom stereocenters. The second-order valence-corrected chi connectivity index (χ2v) is 6.85. The fraction of sp³-hybridized carbons (Fsp3) is 0.0833. The summed E-state index contributed by atoms with van der Waals surface area (Å²) in [6, 6.07) is 34.0. The second kappa shape index (κ2) is 13.5. The van der Waals surface area contributed by atoms with Gasteiger partial charge in [-0.15, -0.1) is 0 Å². The molecule has 0 amide bonds. The van der Waals surface area contributed by atoms with Crippen LogP contribution in [-0.2, 0) is 13.1 Å². The Hall–Kier alpha value is -4.86. The van der Waals surface area contributed by atoms with E-state index < -0.39 is 10.2 Å². The average molecular weight is 462 g/mol. The molecule has 2 heterocycles. The number of pyridine rings is 2. The lowest BCUT2D eigenvalue weighted by molar-refractivity contribution is -0.706. The van der Waals surface area contributed by atoms with Crippen LogP contribution >= 0.6 is 0 Å². The molecule has 4 aromatic rings. The highest BCUT2D eigenvalue weighted by Crippen LogP contribution is 2.12. The zero-order valence-electron chi connectivity index (χ0n) is 18.0. The number of aromatic nitrogens is 2. The molecular weight excluding hydrogens is 440 g/mol. The maximum Gasteiger partial charge on any atom is 0.277 e. The van der Waals surface area contributed by atoms with E-state index in [1.54, 1.807) is 0 Å². The minimum absolute atomic E-state index is 0.858. The number of benzene rings is 2. The Morgan fingerprint density at radius 1 is 0.500 bits per heavy atom. The fourth-order valence-electron chi connectivity index (χ4n) is 3.25. The van der Waals surface area contributed by atoms with Gasteiger partial charge in [0.15, 0.2) is 25.5 Å². The third-order valence-electron chi connectivity index (χ3n) is 4.54. The second-order valence-electron chi connectivity index (χ2n) is 6.85. The SMILES string of the molecule is O=[N+]([O-])[O-].O=[N+]([O-])[O-].c1ccc(C[n+]2ccccc2-c2cccc[n+]2Cc2ccccc2)cc1. The molecule has 34 heavy (non-hydrogen) atoms. The lowest BCUT2D eigenvalue weighted by atomic mass is 10.1. The topological polar surface area (TPSA) is 140 Å². The largest absolute Gasteiger partial charge is 0.356 e. The van der Waals surface area contributed by atoms with Gasteiger partial charge in [0.1, 0.15) is 0 Å². The van der Waals surface area contributed by atoms with Crippen LogP contribution in [-0.4, -0.2) is 10.2 Å². The van der Waals surface area contributed by atoms with Gasteiger partial charge >= 0.3 is 0 Å². The van der Waals surface area contributed by atoms with E-state index in [9.17, 15) is 0 Å². The van der Waals surface area contributed by atoms with Crippen LogP contribution in [0.25, 0.3) is 11.4 Å². The summed E-state index contributed by atoms with van der Waals surface area (Å²) in [6.07, 6.45) is 4.31. The molecule has 2 aromatic heterocycles. The van der Waals surface area contributed by atoms with E-state index >= 15 is 0 Å². The monoisotopic (exact) mass is 462 g/mol. The molecule has 174 valence electrons. The van der Waals surface area contributed by atoms with E-state index in [2.05, 4.69) is 119 Å². The van der Waals surface area contributed by atoms with Gasteiger partial charge in [0.25, 0.3) is 11.4 Å². The number of hydrogen-bond donors (Lipinski definition) is 0. The summed E-state index contributed by atoms with van der Waals surface area (Å²) in [6.45, 7) is 1.72. The maximum absolute atomic E-state index is 8.25. The van der Waals surface area contributed by atoms with Crippen molar-refractivity contribution in [3.63, 3.8) is 0 Å². The summed E-state index contributed by atoms with van der Waals surface area (Å²) in [4.78, 5) is 16.5. The predicted molar refractivity (Wildman–Crippen MR) is 124 cm³/mol. The molecule has 0 spiro atoms. The average Bonchev–Trinajstić information content (AvgIpc) is 2.81. The van der Waals surface area contributed by atoms with Gasteiger partial charge in [0.05, 0.1) is 10.2 Å². The Labute approximate surface area is 195 Å². The number of hydrogen-bond acceptors (Lipinski definition) is 6. The summed E-state index contributed by atoms with van der Waals surface area (Å²) >= 11 is 0. The van der Waals surface area contributed by atoms with Crippen LogP contribution in [0, 0.1) is 30.6 Å². The van der Waals surface area contributed by atoms with Crippen LogP contribution in [0.15, 0.2) is 109 Å². The van der Waals surface area contributed by atoms with Gasteiger partial charge in [-0.2, -0.15) is 9.13 Å². The molecule has 0 saturated heterocycles. The molecule has 0 bridgehead atoms. The summed E-state index contributed by atoms with van der Waals surface area (Å²) < 4.78 is 4.62. The van der Waals surface area contributed by atoms with E-state index in [0.717, 1.165) is 13.1 Å². The first-order chi connectivity index (χ1) is 16.4. The van der Waals surface area contributed by atoms with Crippen LogP contribution in [0.3, 0.4) is 0 Å². The Kier molecular flexibility index (Phi) is 10.1. The van der Waals surface area contributed by atoms with Crippen molar-refractivity contribution in [1.29, 1.82) is 0 Å². The van der Waals surface area contributed by atoms with Crippen molar-refractivity contribution in [3.8, 4) is 11.4 Å². The normalized spacial score (nSPS) is 9.53.